The third-order valence-corrected chi connectivity index (χ3v) is 5.46. The molecule has 0 saturated heterocycles. The summed E-state index contributed by atoms with van der Waals surface area (Å²) in [5.74, 6) is 0.954. The second-order valence-electron chi connectivity index (χ2n) is 6.59. The lowest BCUT2D eigenvalue weighted by molar-refractivity contribution is 0.122. The summed E-state index contributed by atoms with van der Waals surface area (Å²) >= 11 is 0. The van der Waals surface area contributed by atoms with Crippen LogP contribution in [0.1, 0.15) is 63.1 Å². The number of rotatable bonds is 6. The van der Waals surface area contributed by atoms with Crippen LogP contribution in [0.15, 0.2) is 24.3 Å². The van der Waals surface area contributed by atoms with E-state index in [-0.39, 0.29) is 0 Å². The van der Waals surface area contributed by atoms with Crippen molar-refractivity contribution in [1.29, 1.82) is 0 Å². The fourth-order valence-corrected chi connectivity index (χ4v) is 3.73. The highest BCUT2D eigenvalue weighted by Gasteiger charge is 2.27. The van der Waals surface area contributed by atoms with Crippen molar-refractivity contribution in [3.05, 3.63) is 35.4 Å². The molecule has 21 heavy (non-hydrogen) atoms. The Morgan fingerprint density at radius 1 is 1.10 bits per heavy atom. The van der Waals surface area contributed by atoms with Crippen molar-refractivity contribution in [2.45, 2.75) is 64.5 Å². The zero-order chi connectivity index (χ0) is 15.2. The predicted octanol–water partition coefficient (Wildman–Crippen LogP) is 4.15. The first-order chi connectivity index (χ1) is 10.2. The maximum Gasteiger partial charge on any atom is 0.0470 e. The van der Waals surface area contributed by atoms with Gasteiger partial charge in [0.05, 0.1) is 0 Å². The minimum absolute atomic E-state index is 0.360. The molecule has 2 N–H and O–H groups in total. The lowest BCUT2D eigenvalue weighted by Crippen LogP contribution is -2.40. The fraction of sp³-hybridized carbons (Fsp3) is 0.684. The van der Waals surface area contributed by atoms with Gasteiger partial charge in [0.25, 0.3) is 0 Å². The number of aryl methyl sites for hydroxylation is 1. The number of nitrogens with two attached hydrogens (primary N) is 1. The first-order valence-corrected chi connectivity index (χ1v) is 8.70. The van der Waals surface area contributed by atoms with Crippen LogP contribution in [0.2, 0.25) is 0 Å². The Kier molecular flexibility index (Phi) is 6.25. The van der Waals surface area contributed by atoms with Crippen molar-refractivity contribution in [1.82, 2.24) is 4.90 Å². The van der Waals surface area contributed by atoms with E-state index in [4.69, 9.17) is 5.73 Å². The minimum atomic E-state index is 0.360. The maximum absolute atomic E-state index is 6.09. The summed E-state index contributed by atoms with van der Waals surface area (Å²) in [4.78, 5) is 2.53. The van der Waals surface area contributed by atoms with Gasteiger partial charge in [0.2, 0.25) is 0 Å². The number of benzene rings is 1. The van der Waals surface area contributed by atoms with Gasteiger partial charge >= 0.3 is 0 Å². The highest BCUT2D eigenvalue weighted by Crippen LogP contribution is 2.32. The SMILES string of the molecule is CCc1ccc(C(CN)N(C)C2CCC(CC)CC2)cc1. The van der Waals surface area contributed by atoms with E-state index >= 15 is 0 Å². The smallest absolute Gasteiger partial charge is 0.0470 e. The Balaban J connectivity index is 2.02. The molecule has 1 fully saturated rings. The van der Waals surface area contributed by atoms with E-state index in [0.717, 1.165) is 12.3 Å². The van der Waals surface area contributed by atoms with Gasteiger partial charge in [-0.05, 0) is 56.2 Å². The fourth-order valence-electron chi connectivity index (χ4n) is 3.73. The molecule has 0 aromatic heterocycles. The lowest BCUT2D eigenvalue weighted by Gasteiger charge is -2.39. The summed E-state index contributed by atoms with van der Waals surface area (Å²) in [5, 5.41) is 0. The highest BCUT2D eigenvalue weighted by molar-refractivity contribution is 5.25. The van der Waals surface area contributed by atoms with Gasteiger partial charge in [-0.2, -0.15) is 0 Å². The van der Waals surface area contributed by atoms with Crippen molar-refractivity contribution < 1.29 is 0 Å². The molecule has 2 nitrogen and oxygen atoms in total. The van der Waals surface area contributed by atoms with Crippen LogP contribution >= 0.6 is 0 Å². The van der Waals surface area contributed by atoms with E-state index in [0.29, 0.717) is 18.6 Å². The number of hydrogen-bond acceptors (Lipinski definition) is 2. The molecule has 0 bridgehead atoms. The van der Waals surface area contributed by atoms with Gasteiger partial charge in [-0.25, -0.2) is 0 Å². The van der Waals surface area contributed by atoms with E-state index < -0.39 is 0 Å². The zero-order valence-electron chi connectivity index (χ0n) is 14.0. The Morgan fingerprint density at radius 2 is 1.71 bits per heavy atom. The van der Waals surface area contributed by atoms with Crippen LogP contribution in [-0.2, 0) is 6.42 Å². The molecule has 2 rings (SSSR count). The summed E-state index contributed by atoms with van der Waals surface area (Å²) in [6.07, 6.45) is 7.88. The van der Waals surface area contributed by atoms with Gasteiger partial charge in [-0.3, -0.25) is 4.90 Å². The van der Waals surface area contributed by atoms with E-state index in [2.05, 4.69) is 50.1 Å². The van der Waals surface area contributed by atoms with Crippen molar-refractivity contribution in [3.8, 4) is 0 Å². The number of nitrogens with zero attached hydrogens (tertiary/aromatic N) is 1. The molecule has 0 heterocycles. The maximum atomic E-state index is 6.09. The Bertz CT molecular complexity index is 404. The Hall–Kier alpha value is -0.860. The molecule has 1 aliphatic rings. The summed E-state index contributed by atoms with van der Waals surface area (Å²) in [6, 6.07) is 10.1. The molecule has 1 aromatic carbocycles. The van der Waals surface area contributed by atoms with Gasteiger partial charge in [0.1, 0.15) is 0 Å². The second-order valence-corrected chi connectivity index (χ2v) is 6.59. The van der Waals surface area contributed by atoms with Gasteiger partial charge in [0.15, 0.2) is 0 Å². The van der Waals surface area contributed by atoms with Crippen LogP contribution in [0.25, 0.3) is 0 Å². The predicted molar refractivity (Wildman–Crippen MR) is 91.4 cm³/mol. The lowest BCUT2D eigenvalue weighted by atomic mass is 9.83. The summed E-state index contributed by atoms with van der Waals surface area (Å²) in [6.45, 7) is 5.23. The first kappa shape index (κ1) is 16.5. The normalized spacial score (nSPS) is 24.2. The highest BCUT2D eigenvalue weighted by atomic mass is 15.2. The van der Waals surface area contributed by atoms with Gasteiger partial charge < -0.3 is 5.73 Å². The molecule has 1 aliphatic carbocycles. The van der Waals surface area contributed by atoms with Gasteiger partial charge in [-0.15, -0.1) is 0 Å². The van der Waals surface area contributed by atoms with Gasteiger partial charge in [-0.1, -0.05) is 44.5 Å². The molecular formula is C19H32N2. The third kappa shape index (κ3) is 4.08. The summed E-state index contributed by atoms with van der Waals surface area (Å²) in [7, 11) is 2.27. The van der Waals surface area contributed by atoms with Crippen molar-refractivity contribution >= 4 is 0 Å². The largest absolute Gasteiger partial charge is 0.329 e. The molecule has 1 aromatic rings. The van der Waals surface area contributed by atoms with E-state index in [1.165, 1.54) is 43.2 Å². The number of hydrogen-bond donors (Lipinski definition) is 1. The molecule has 1 saturated carbocycles. The van der Waals surface area contributed by atoms with E-state index in [1.54, 1.807) is 0 Å². The molecule has 1 unspecified atom stereocenters. The third-order valence-electron chi connectivity index (χ3n) is 5.46. The van der Waals surface area contributed by atoms with Crippen LogP contribution in [0.4, 0.5) is 0 Å². The monoisotopic (exact) mass is 288 g/mol. The Labute approximate surface area is 130 Å². The van der Waals surface area contributed by atoms with Gasteiger partial charge in [0, 0.05) is 18.6 Å². The average Bonchev–Trinajstić information content (AvgIpc) is 2.56. The van der Waals surface area contributed by atoms with Crippen LogP contribution in [-0.4, -0.2) is 24.5 Å². The van der Waals surface area contributed by atoms with Crippen LogP contribution < -0.4 is 5.73 Å². The number of likely N-dealkylation sites (N-methyl/N-ethyl adjacent to an activating group) is 1. The average molecular weight is 288 g/mol. The van der Waals surface area contributed by atoms with Crippen molar-refractivity contribution in [2.75, 3.05) is 13.6 Å². The Morgan fingerprint density at radius 3 is 2.19 bits per heavy atom. The first-order valence-electron chi connectivity index (χ1n) is 8.70. The standard InChI is InChI=1S/C19H32N2/c1-4-15-6-10-17(11-7-15)19(14-20)21(3)18-12-8-16(5-2)9-13-18/h6-7,10-11,16,18-19H,4-5,8-9,12-14,20H2,1-3H3. The van der Waals surface area contributed by atoms with Crippen LogP contribution in [0, 0.1) is 5.92 Å². The molecule has 2 heteroatoms. The van der Waals surface area contributed by atoms with Crippen molar-refractivity contribution in [2.24, 2.45) is 11.7 Å². The molecule has 118 valence electrons. The second kappa shape index (κ2) is 7.95. The minimum Gasteiger partial charge on any atom is -0.329 e. The van der Waals surface area contributed by atoms with E-state index in [1.807, 2.05) is 0 Å². The molecule has 0 radical (unpaired) electrons. The molecule has 0 aliphatic heterocycles. The summed E-state index contributed by atoms with van der Waals surface area (Å²) in [5.41, 5.74) is 8.87. The zero-order valence-corrected chi connectivity index (χ0v) is 14.0. The molecule has 0 amide bonds. The quantitative estimate of drug-likeness (QED) is 0.852. The van der Waals surface area contributed by atoms with Crippen LogP contribution in [0.3, 0.4) is 0 Å². The molecular weight excluding hydrogens is 256 g/mol. The molecule has 1 atom stereocenters. The molecule has 0 spiro atoms. The van der Waals surface area contributed by atoms with Crippen molar-refractivity contribution in [3.63, 3.8) is 0 Å². The summed E-state index contributed by atoms with van der Waals surface area (Å²) < 4.78 is 0. The topological polar surface area (TPSA) is 29.3 Å². The van der Waals surface area contributed by atoms with E-state index in [9.17, 15) is 0 Å². The van der Waals surface area contributed by atoms with Crippen LogP contribution in [0.5, 0.6) is 0 Å².